The monoisotopic (exact) mass is 486 g/mol. The second-order valence-corrected chi connectivity index (χ2v) is 9.56. The minimum atomic E-state index is -0.921. The van der Waals surface area contributed by atoms with Crippen molar-refractivity contribution in [2.24, 2.45) is 11.1 Å². The maximum Gasteiger partial charge on any atom is 0.407 e. The van der Waals surface area contributed by atoms with Gasteiger partial charge in [-0.05, 0) is 35.1 Å². The number of aliphatic hydroxyl groups excluding tert-OH is 1. The van der Waals surface area contributed by atoms with Gasteiger partial charge in [0.05, 0.1) is 20.3 Å². The highest BCUT2D eigenvalue weighted by Gasteiger charge is 2.34. The van der Waals surface area contributed by atoms with E-state index in [9.17, 15) is 14.7 Å². The number of rotatable bonds is 11. The lowest BCUT2D eigenvalue weighted by Gasteiger charge is -2.34. The van der Waals surface area contributed by atoms with Gasteiger partial charge in [-0.2, -0.15) is 0 Å². The Morgan fingerprint density at radius 2 is 1.66 bits per heavy atom. The number of ether oxygens (including phenoxy) is 2. The van der Waals surface area contributed by atoms with Crippen molar-refractivity contribution in [1.29, 1.82) is 0 Å². The fourth-order valence-corrected chi connectivity index (χ4v) is 3.56. The molecular formula is C26H38N4O5. The molecule has 0 bridgehead atoms. The van der Waals surface area contributed by atoms with Gasteiger partial charge in [-0.25, -0.2) is 9.80 Å². The van der Waals surface area contributed by atoms with Gasteiger partial charge in [-0.3, -0.25) is 10.2 Å². The summed E-state index contributed by atoms with van der Waals surface area (Å²) in [6, 6.07) is 15.7. The number of aliphatic hydroxyl groups is 1. The quantitative estimate of drug-likeness (QED) is 0.359. The zero-order chi connectivity index (χ0) is 26.0. The summed E-state index contributed by atoms with van der Waals surface area (Å²) in [5.41, 5.74) is 10.5. The summed E-state index contributed by atoms with van der Waals surface area (Å²) in [4.78, 5) is 25.1. The van der Waals surface area contributed by atoms with Crippen molar-refractivity contribution in [3.63, 3.8) is 0 Å². The first-order valence-electron chi connectivity index (χ1n) is 11.5. The number of carbonyl (C=O) groups is 2. The summed E-state index contributed by atoms with van der Waals surface area (Å²) < 4.78 is 9.90. The molecule has 0 saturated carbocycles. The molecule has 0 spiro atoms. The van der Waals surface area contributed by atoms with Gasteiger partial charge in [0.15, 0.2) is 0 Å². The minimum Gasteiger partial charge on any atom is -0.497 e. The second-order valence-electron chi connectivity index (χ2n) is 9.56. The van der Waals surface area contributed by atoms with Crippen LogP contribution in [-0.2, 0) is 22.5 Å². The van der Waals surface area contributed by atoms with Crippen LogP contribution in [-0.4, -0.2) is 61.1 Å². The van der Waals surface area contributed by atoms with Crippen LogP contribution in [0.1, 0.15) is 31.9 Å². The lowest BCUT2D eigenvalue weighted by molar-refractivity contribution is -0.131. The number of benzene rings is 2. The standard InChI is InChI=1S/C26H38N4O5/c1-26(2,3)23(28-25(33)35-5)24(32)29-30(16-19-11-13-20(34-4)14-12-19)17-22(31)21(27)15-18-9-7-6-8-10-18/h6-14,21-23,31H,15-17,27H2,1-5H3,(H,28,33)(H,29,32)/t21-,22-,23+/m0/s1. The summed E-state index contributed by atoms with van der Waals surface area (Å²) in [5, 5.41) is 15.1. The third-order valence-corrected chi connectivity index (χ3v) is 5.59. The van der Waals surface area contributed by atoms with Crippen molar-refractivity contribution >= 4 is 12.0 Å². The Kier molecular flexibility index (Phi) is 10.5. The third kappa shape index (κ3) is 9.20. The lowest BCUT2D eigenvalue weighted by atomic mass is 9.86. The van der Waals surface area contributed by atoms with Crippen LogP contribution in [0.25, 0.3) is 0 Å². The molecule has 2 aromatic carbocycles. The average molecular weight is 487 g/mol. The lowest BCUT2D eigenvalue weighted by Crippen LogP contribution is -2.58. The number of hydrazine groups is 1. The molecule has 2 rings (SSSR count). The number of carbonyl (C=O) groups excluding carboxylic acids is 2. The van der Waals surface area contributed by atoms with E-state index in [1.165, 1.54) is 7.11 Å². The Balaban J connectivity index is 2.19. The number of nitrogens with one attached hydrogen (secondary N) is 2. The molecule has 0 unspecified atom stereocenters. The molecule has 0 radical (unpaired) electrons. The molecule has 9 heteroatoms. The van der Waals surface area contributed by atoms with Crippen LogP contribution in [0.4, 0.5) is 4.79 Å². The van der Waals surface area contributed by atoms with E-state index in [0.717, 1.165) is 11.1 Å². The van der Waals surface area contributed by atoms with Crippen molar-refractivity contribution in [3.05, 3.63) is 65.7 Å². The van der Waals surface area contributed by atoms with Gasteiger partial charge in [0, 0.05) is 19.1 Å². The highest BCUT2D eigenvalue weighted by Crippen LogP contribution is 2.20. The predicted molar refractivity (Wildman–Crippen MR) is 134 cm³/mol. The smallest absolute Gasteiger partial charge is 0.407 e. The van der Waals surface area contributed by atoms with Crippen LogP contribution in [0.2, 0.25) is 0 Å². The van der Waals surface area contributed by atoms with E-state index in [4.69, 9.17) is 10.5 Å². The highest BCUT2D eigenvalue weighted by molar-refractivity contribution is 5.86. The van der Waals surface area contributed by atoms with Crippen molar-refractivity contribution < 1.29 is 24.2 Å². The van der Waals surface area contributed by atoms with Gasteiger partial charge in [-0.15, -0.1) is 0 Å². The van der Waals surface area contributed by atoms with Crippen LogP contribution in [0.5, 0.6) is 5.75 Å². The Bertz CT molecular complexity index is 931. The van der Waals surface area contributed by atoms with E-state index in [-0.39, 0.29) is 6.54 Å². The number of amides is 2. The first-order valence-corrected chi connectivity index (χ1v) is 11.5. The van der Waals surface area contributed by atoms with Gasteiger partial charge < -0.3 is 25.6 Å². The highest BCUT2D eigenvalue weighted by atomic mass is 16.5. The summed E-state index contributed by atoms with van der Waals surface area (Å²) in [6.07, 6.45) is -1.14. The summed E-state index contributed by atoms with van der Waals surface area (Å²) in [7, 11) is 2.83. The van der Waals surface area contributed by atoms with Crippen LogP contribution in [0, 0.1) is 5.41 Å². The Labute approximate surface area is 207 Å². The first kappa shape index (κ1) is 28.1. The molecule has 0 heterocycles. The zero-order valence-corrected chi connectivity index (χ0v) is 21.2. The van der Waals surface area contributed by atoms with Gasteiger partial charge in [0.25, 0.3) is 5.91 Å². The van der Waals surface area contributed by atoms with E-state index in [1.807, 2.05) is 75.4 Å². The molecule has 5 N–H and O–H groups in total. The summed E-state index contributed by atoms with van der Waals surface area (Å²) in [5.74, 6) is 0.282. The van der Waals surface area contributed by atoms with Crippen LogP contribution in [0.3, 0.4) is 0 Å². The normalized spacial score (nSPS) is 14.1. The predicted octanol–water partition coefficient (Wildman–Crippen LogP) is 2.23. The number of methoxy groups -OCH3 is 2. The number of hydrogen-bond acceptors (Lipinski definition) is 7. The van der Waals surface area contributed by atoms with E-state index < -0.39 is 35.6 Å². The number of nitrogens with two attached hydrogens (primary N) is 1. The summed E-state index contributed by atoms with van der Waals surface area (Å²) >= 11 is 0. The maximum absolute atomic E-state index is 13.2. The van der Waals surface area contributed by atoms with Crippen molar-refractivity contribution in [2.45, 2.75) is 51.9 Å². The van der Waals surface area contributed by atoms with E-state index in [1.54, 1.807) is 12.1 Å². The fraction of sp³-hybridized carbons (Fsp3) is 0.462. The molecule has 9 nitrogen and oxygen atoms in total. The average Bonchev–Trinajstić information content (AvgIpc) is 2.82. The molecule has 0 aliphatic carbocycles. The second kappa shape index (κ2) is 13.1. The number of nitrogens with zero attached hydrogens (tertiary/aromatic N) is 1. The van der Waals surface area contributed by atoms with Crippen LogP contribution < -0.4 is 21.2 Å². The SMILES string of the molecule is COC(=O)N[C@H](C(=O)NN(Cc1ccc(OC)cc1)C[C@H](O)[C@@H](N)Cc1ccccc1)C(C)(C)C. The molecule has 0 aliphatic rings. The van der Waals surface area contributed by atoms with E-state index in [2.05, 4.69) is 15.5 Å². The molecule has 192 valence electrons. The number of alkyl carbamates (subject to hydrolysis) is 1. The molecule has 2 amide bonds. The van der Waals surface area contributed by atoms with Gasteiger partial charge in [-0.1, -0.05) is 63.2 Å². The summed E-state index contributed by atoms with van der Waals surface area (Å²) in [6.45, 7) is 5.91. The molecule has 3 atom stereocenters. The zero-order valence-electron chi connectivity index (χ0n) is 21.2. The molecule has 0 aliphatic heterocycles. The Hall–Kier alpha value is -3.14. The van der Waals surface area contributed by atoms with Crippen LogP contribution >= 0.6 is 0 Å². The van der Waals surface area contributed by atoms with Crippen molar-refractivity contribution in [2.75, 3.05) is 20.8 Å². The molecular weight excluding hydrogens is 448 g/mol. The first-order chi connectivity index (χ1) is 16.5. The van der Waals surface area contributed by atoms with Gasteiger partial charge >= 0.3 is 6.09 Å². The molecule has 2 aromatic rings. The Morgan fingerprint density at radius 1 is 1.03 bits per heavy atom. The number of hydrogen-bond donors (Lipinski definition) is 4. The maximum atomic E-state index is 13.2. The molecule has 35 heavy (non-hydrogen) atoms. The molecule has 0 saturated heterocycles. The van der Waals surface area contributed by atoms with Crippen molar-refractivity contribution in [3.8, 4) is 5.75 Å². The molecule has 0 fully saturated rings. The van der Waals surface area contributed by atoms with Crippen LogP contribution in [0.15, 0.2) is 54.6 Å². The van der Waals surface area contributed by atoms with E-state index >= 15 is 0 Å². The molecule has 0 aromatic heterocycles. The van der Waals surface area contributed by atoms with Gasteiger partial charge in [0.2, 0.25) is 0 Å². The largest absolute Gasteiger partial charge is 0.497 e. The van der Waals surface area contributed by atoms with Crippen molar-refractivity contribution in [1.82, 2.24) is 15.8 Å². The minimum absolute atomic E-state index is 0.0842. The fourth-order valence-electron chi connectivity index (χ4n) is 3.56. The Morgan fingerprint density at radius 3 is 2.20 bits per heavy atom. The topological polar surface area (TPSA) is 126 Å². The van der Waals surface area contributed by atoms with E-state index in [0.29, 0.717) is 18.7 Å². The third-order valence-electron chi connectivity index (χ3n) is 5.59. The van der Waals surface area contributed by atoms with Gasteiger partial charge in [0.1, 0.15) is 11.8 Å².